The minimum atomic E-state index is -4.27. The average Bonchev–Trinajstić information content (AvgIpc) is 3.06. The number of nitrogens with zero attached hydrogens (tertiary/aromatic N) is 4. The summed E-state index contributed by atoms with van der Waals surface area (Å²) >= 11 is 0. The van der Waals surface area contributed by atoms with Crippen LogP contribution in [0, 0.1) is 12.8 Å². The quantitative estimate of drug-likeness (QED) is 0.567. The van der Waals surface area contributed by atoms with Gasteiger partial charge in [0.2, 0.25) is 11.8 Å². The molecule has 4 rings (SSSR count). The van der Waals surface area contributed by atoms with Gasteiger partial charge in [-0.3, -0.25) is 4.79 Å². The molecule has 9 nitrogen and oxygen atoms in total. The van der Waals surface area contributed by atoms with Gasteiger partial charge in [0, 0.05) is 36.1 Å². The largest absolute Gasteiger partial charge is 0.421 e. The highest BCUT2D eigenvalue weighted by atomic mass is 32.2. The van der Waals surface area contributed by atoms with Gasteiger partial charge in [-0.05, 0) is 57.4 Å². The van der Waals surface area contributed by atoms with Gasteiger partial charge < -0.3 is 9.64 Å². The topological polar surface area (TPSA) is 114 Å². The summed E-state index contributed by atoms with van der Waals surface area (Å²) < 4.78 is 33.7. The number of amides is 1. The van der Waals surface area contributed by atoms with E-state index in [1.54, 1.807) is 30.5 Å². The molecule has 0 saturated carbocycles. The SMILES string of the molecule is Cc1cccc(Oc2cccc(S(=O)(=O)NC(=O)c3cccnc3N3CCC(C)C3(C)C)n2)n1. The number of aromatic nitrogens is 3. The fourth-order valence-corrected chi connectivity index (χ4v) is 4.84. The third kappa shape index (κ3) is 4.72. The van der Waals surface area contributed by atoms with E-state index in [0.717, 1.165) is 18.7 Å². The molecule has 1 aliphatic heterocycles. The van der Waals surface area contributed by atoms with E-state index in [4.69, 9.17) is 4.74 Å². The zero-order valence-electron chi connectivity index (χ0n) is 19.5. The Balaban J connectivity index is 1.58. The summed E-state index contributed by atoms with van der Waals surface area (Å²) in [5.74, 6) is 0.410. The van der Waals surface area contributed by atoms with Crippen LogP contribution in [0.3, 0.4) is 0 Å². The van der Waals surface area contributed by atoms with Crippen molar-refractivity contribution in [3.8, 4) is 11.8 Å². The number of aryl methyl sites for hydroxylation is 1. The lowest BCUT2D eigenvalue weighted by atomic mass is 9.90. The second-order valence-electron chi connectivity index (χ2n) is 8.84. The van der Waals surface area contributed by atoms with E-state index in [2.05, 4.69) is 45.3 Å². The minimum absolute atomic E-state index is 0.0447. The van der Waals surface area contributed by atoms with Crippen LogP contribution in [0.1, 0.15) is 43.2 Å². The Morgan fingerprint density at radius 1 is 1.09 bits per heavy atom. The molecule has 1 saturated heterocycles. The Morgan fingerprint density at radius 3 is 2.47 bits per heavy atom. The molecule has 0 aromatic carbocycles. The first-order chi connectivity index (χ1) is 16.1. The van der Waals surface area contributed by atoms with Crippen LogP contribution >= 0.6 is 0 Å². The van der Waals surface area contributed by atoms with E-state index in [1.807, 2.05) is 13.0 Å². The Labute approximate surface area is 199 Å². The lowest BCUT2D eigenvalue weighted by molar-refractivity contribution is 0.0981. The molecule has 0 spiro atoms. The van der Waals surface area contributed by atoms with Crippen molar-refractivity contribution in [3.63, 3.8) is 0 Å². The molecule has 1 amide bonds. The van der Waals surface area contributed by atoms with Crippen LogP contribution in [0.15, 0.2) is 59.8 Å². The molecular formula is C24H27N5O4S. The maximum atomic E-state index is 13.1. The highest BCUT2D eigenvalue weighted by molar-refractivity contribution is 7.90. The second kappa shape index (κ2) is 9.02. The first-order valence-electron chi connectivity index (χ1n) is 11.0. The Bertz CT molecular complexity index is 1330. The number of anilines is 1. The number of hydrogen-bond acceptors (Lipinski definition) is 8. The molecule has 178 valence electrons. The molecule has 1 fully saturated rings. The fourth-order valence-electron chi connectivity index (χ4n) is 3.91. The van der Waals surface area contributed by atoms with Crippen molar-refractivity contribution in [2.24, 2.45) is 5.92 Å². The molecule has 4 heterocycles. The van der Waals surface area contributed by atoms with E-state index < -0.39 is 15.9 Å². The van der Waals surface area contributed by atoms with Gasteiger partial charge in [0.25, 0.3) is 15.9 Å². The summed E-state index contributed by atoms with van der Waals surface area (Å²) in [7, 11) is -4.27. The molecule has 34 heavy (non-hydrogen) atoms. The second-order valence-corrected chi connectivity index (χ2v) is 10.5. The van der Waals surface area contributed by atoms with Crippen molar-refractivity contribution in [2.75, 3.05) is 11.4 Å². The number of sulfonamides is 1. The van der Waals surface area contributed by atoms with E-state index in [9.17, 15) is 13.2 Å². The van der Waals surface area contributed by atoms with E-state index in [-0.39, 0.29) is 27.9 Å². The van der Waals surface area contributed by atoms with Gasteiger partial charge in [-0.25, -0.2) is 14.7 Å². The first kappa shape index (κ1) is 23.6. The Kier molecular flexibility index (Phi) is 6.26. The van der Waals surface area contributed by atoms with Gasteiger partial charge in [0.05, 0.1) is 5.56 Å². The predicted molar refractivity (Wildman–Crippen MR) is 127 cm³/mol. The summed E-state index contributed by atoms with van der Waals surface area (Å²) in [6.45, 7) is 8.88. The van der Waals surface area contributed by atoms with Crippen LogP contribution in [0.25, 0.3) is 0 Å². The number of carbonyl (C=O) groups excluding carboxylic acids is 1. The number of carbonyl (C=O) groups is 1. The minimum Gasteiger partial charge on any atom is -0.421 e. The van der Waals surface area contributed by atoms with Gasteiger partial charge in [0.15, 0.2) is 5.03 Å². The lowest BCUT2D eigenvalue weighted by Crippen LogP contribution is -2.43. The van der Waals surface area contributed by atoms with E-state index in [1.165, 1.54) is 18.2 Å². The van der Waals surface area contributed by atoms with Crippen LogP contribution < -0.4 is 14.4 Å². The molecule has 1 N–H and O–H groups in total. The van der Waals surface area contributed by atoms with Crippen LogP contribution in [-0.4, -0.2) is 41.4 Å². The maximum Gasteiger partial charge on any atom is 0.281 e. The predicted octanol–water partition coefficient (Wildman–Crippen LogP) is 3.72. The summed E-state index contributed by atoms with van der Waals surface area (Å²) in [6, 6.07) is 12.7. The smallest absolute Gasteiger partial charge is 0.281 e. The zero-order valence-corrected chi connectivity index (χ0v) is 20.3. The van der Waals surface area contributed by atoms with Gasteiger partial charge >= 0.3 is 0 Å². The van der Waals surface area contributed by atoms with Crippen molar-refractivity contribution in [3.05, 3.63) is 66.0 Å². The average molecular weight is 482 g/mol. The number of hydrogen-bond donors (Lipinski definition) is 1. The molecule has 10 heteroatoms. The fraction of sp³-hybridized carbons (Fsp3) is 0.333. The number of ether oxygens (including phenoxy) is 1. The molecule has 1 aliphatic rings. The zero-order chi connectivity index (χ0) is 24.5. The summed E-state index contributed by atoms with van der Waals surface area (Å²) in [6.07, 6.45) is 2.55. The number of rotatable bonds is 6. The van der Waals surface area contributed by atoms with E-state index in [0.29, 0.717) is 11.7 Å². The monoisotopic (exact) mass is 481 g/mol. The molecule has 0 radical (unpaired) electrons. The standard InChI is InChI=1S/C24H27N5O4S/c1-16-13-15-29(24(16,3)4)22-18(9-7-14-25-22)23(30)28-34(31,32)21-12-6-11-20(27-21)33-19-10-5-8-17(2)26-19/h5-12,14,16H,13,15H2,1-4H3,(H,28,30). The van der Waals surface area contributed by atoms with Crippen molar-refractivity contribution in [2.45, 2.75) is 44.7 Å². The molecule has 3 aromatic rings. The van der Waals surface area contributed by atoms with Gasteiger partial charge in [0.1, 0.15) is 5.82 Å². The highest BCUT2D eigenvalue weighted by Crippen LogP contribution is 2.38. The Hall–Kier alpha value is -3.53. The molecule has 0 aliphatic carbocycles. The van der Waals surface area contributed by atoms with Crippen molar-refractivity contribution in [1.82, 2.24) is 19.7 Å². The first-order valence-corrected chi connectivity index (χ1v) is 12.4. The Morgan fingerprint density at radius 2 is 1.79 bits per heavy atom. The van der Waals surface area contributed by atoms with Gasteiger partial charge in [-0.2, -0.15) is 13.4 Å². The molecule has 0 bridgehead atoms. The lowest BCUT2D eigenvalue weighted by Gasteiger charge is -2.36. The maximum absolute atomic E-state index is 13.1. The molecule has 1 atom stereocenters. The van der Waals surface area contributed by atoms with Gasteiger partial charge in [-0.15, -0.1) is 0 Å². The van der Waals surface area contributed by atoms with Crippen LogP contribution in [0.5, 0.6) is 11.8 Å². The van der Waals surface area contributed by atoms with Crippen LogP contribution in [0.2, 0.25) is 0 Å². The van der Waals surface area contributed by atoms with Crippen LogP contribution in [-0.2, 0) is 10.0 Å². The summed E-state index contributed by atoms with van der Waals surface area (Å²) in [4.78, 5) is 27.8. The van der Waals surface area contributed by atoms with Gasteiger partial charge in [-0.1, -0.05) is 19.1 Å². The third-order valence-electron chi connectivity index (χ3n) is 6.25. The molecular weight excluding hydrogens is 454 g/mol. The number of pyridine rings is 3. The van der Waals surface area contributed by atoms with E-state index >= 15 is 0 Å². The summed E-state index contributed by atoms with van der Waals surface area (Å²) in [5.41, 5.74) is 0.709. The van der Waals surface area contributed by atoms with Crippen molar-refractivity contribution < 1.29 is 17.9 Å². The number of nitrogens with one attached hydrogen (secondary N) is 1. The summed E-state index contributed by atoms with van der Waals surface area (Å²) in [5, 5.41) is -0.341. The van der Waals surface area contributed by atoms with Crippen molar-refractivity contribution in [1.29, 1.82) is 0 Å². The normalized spacial score (nSPS) is 17.4. The third-order valence-corrected chi connectivity index (χ3v) is 7.48. The molecule has 3 aromatic heterocycles. The highest BCUT2D eigenvalue weighted by Gasteiger charge is 2.40. The molecule has 1 unspecified atom stereocenters. The van der Waals surface area contributed by atoms with Crippen molar-refractivity contribution >= 4 is 21.7 Å². The van der Waals surface area contributed by atoms with Crippen LogP contribution in [0.4, 0.5) is 5.82 Å².